The highest BCUT2D eigenvalue weighted by Gasteiger charge is 2.24. The van der Waals surface area contributed by atoms with Gasteiger partial charge in [-0.2, -0.15) is 0 Å². The highest BCUT2D eigenvalue weighted by Crippen LogP contribution is 2.19. The van der Waals surface area contributed by atoms with Crippen molar-refractivity contribution in [3.8, 4) is 0 Å². The molecule has 1 amide bonds. The molecular weight excluding hydrogens is 306 g/mol. The van der Waals surface area contributed by atoms with Crippen LogP contribution in [-0.4, -0.2) is 48.4 Å². The quantitative estimate of drug-likeness (QED) is 0.870. The van der Waals surface area contributed by atoms with Crippen LogP contribution < -0.4 is 5.73 Å². The van der Waals surface area contributed by atoms with Gasteiger partial charge in [-0.05, 0) is 43.8 Å². The second-order valence-electron chi connectivity index (χ2n) is 5.53. The molecular formula is C15H26ClN3OS. The maximum atomic E-state index is 12.3. The number of likely N-dealkylation sites (tertiary alicyclic amines) is 1. The zero-order valence-corrected chi connectivity index (χ0v) is 14.3. The average molecular weight is 332 g/mol. The first kappa shape index (κ1) is 18.4. The van der Waals surface area contributed by atoms with Gasteiger partial charge in [0, 0.05) is 18.0 Å². The summed E-state index contributed by atoms with van der Waals surface area (Å²) in [5.41, 5.74) is 5.68. The molecule has 1 fully saturated rings. The van der Waals surface area contributed by atoms with E-state index >= 15 is 0 Å². The molecule has 1 aliphatic rings. The minimum Gasteiger partial charge on any atom is -0.340 e. The predicted molar refractivity (Wildman–Crippen MR) is 90.9 cm³/mol. The van der Waals surface area contributed by atoms with E-state index in [-0.39, 0.29) is 18.3 Å². The van der Waals surface area contributed by atoms with Gasteiger partial charge in [0.1, 0.15) is 0 Å². The maximum Gasteiger partial charge on any atom is 0.236 e. The lowest BCUT2D eigenvalue weighted by atomic mass is 9.99. The van der Waals surface area contributed by atoms with Crippen LogP contribution in [0.15, 0.2) is 17.5 Å². The second kappa shape index (κ2) is 9.41. The fraction of sp³-hybridized carbons (Fsp3) is 0.667. The van der Waals surface area contributed by atoms with Crippen LogP contribution in [0.4, 0.5) is 0 Å². The van der Waals surface area contributed by atoms with Crippen LogP contribution >= 0.6 is 23.7 Å². The maximum absolute atomic E-state index is 12.3. The van der Waals surface area contributed by atoms with E-state index in [0.29, 0.717) is 25.7 Å². The standard InChI is InChI=1S/C15H25N3OS.ClH/c1-17(11-14-6-4-10-20-14)15(19)12-18-9-3-2-5-13(18)7-8-16;/h4,6,10,13H,2-3,5,7-9,11-12,16H2,1H3;1H. The van der Waals surface area contributed by atoms with Gasteiger partial charge in [-0.1, -0.05) is 12.5 Å². The zero-order chi connectivity index (χ0) is 14.4. The number of rotatable bonds is 6. The number of amides is 1. The Labute approximate surface area is 137 Å². The van der Waals surface area contributed by atoms with E-state index in [9.17, 15) is 4.79 Å². The van der Waals surface area contributed by atoms with Gasteiger partial charge < -0.3 is 10.6 Å². The Morgan fingerprint density at radius 3 is 3.00 bits per heavy atom. The van der Waals surface area contributed by atoms with E-state index in [1.54, 1.807) is 11.3 Å². The number of piperidine rings is 1. The van der Waals surface area contributed by atoms with Gasteiger partial charge in [-0.25, -0.2) is 0 Å². The van der Waals surface area contributed by atoms with Gasteiger partial charge in [0.15, 0.2) is 0 Å². The summed E-state index contributed by atoms with van der Waals surface area (Å²) in [4.78, 5) is 17.7. The van der Waals surface area contributed by atoms with E-state index in [1.807, 2.05) is 18.0 Å². The van der Waals surface area contributed by atoms with Crippen molar-refractivity contribution in [2.24, 2.45) is 5.73 Å². The van der Waals surface area contributed by atoms with Crippen molar-refractivity contribution in [2.75, 3.05) is 26.7 Å². The lowest BCUT2D eigenvalue weighted by Crippen LogP contribution is -2.46. The lowest BCUT2D eigenvalue weighted by molar-refractivity contribution is -0.132. The van der Waals surface area contributed by atoms with Gasteiger partial charge in [0.2, 0.25) is 5.91 Å². The molecule has 4 nitrogen and oxygen atoms in total. The first-order valence-corrected chi connectivity index (χ1v) is 8.29. The highest BCUT2D eigenvalue weighted by molar-refractivity contribution is 7.09. The van der Waals surface area contributed by atoms with Crippen LogP contribution in [0, 0.1) is 0 Å². The Morgan fingerprint density at radius 1 is 1.52 bits per heavy atom. The predicted octanol–water partition coefficient (Wildman–Crippen LogP) is 2.33. The van der Waals surface area contributed by atoms with Gasteiger partial charge in [0.05, 0.1) is 13.1 Å². The van der Waals surface area contributed by atoms with Crippen molar-refractivity contribution in [1.29, 1.82) is 0 Å². The third-order valence-corrected chi connectivity index (χ3v) is 4.85. The number of likely N-dealkylation sites (N-methyl/N-ethyl adjacent to an activating group) is 1. The Bertz CT molecular complexity index is 411. The number of carbonyl (C=O) groups excluding carboxylic acids is 1. The van der Waals surface area contributed by atoms with E-state index in [0.717, 1.165) is 13.0 Å². The number of thiophene rings is 1. The summed E-state index contributed by atoms with van der Waals surface area (Å²) in [6.45, 7) is 2.99. The molecule has 1 aromatic heterocycles. The van der Waals surface area contributed by atoms with Gasteiger partial charge in [-0.15, -0.1) is 23.7 Å². The first-order chi connectivity index (χ1) is 9.70. The average Bonchev–Trinajstić information content (AvgIpc) is 2.94. The van der Waals surface area contributed by atoms with Crippen LogP contribution in [0.25, 0.3) is 0 Å². The summed E-state index contributed by atoms with van der Waals surface area (Å²) < 4.78 is 0. The smallest absolute Gasteiger partial charge is 0.236 e. The molecule has 21 heavy (non-hydrogen) atoms. The molecule has 0 spiro atoms. The van der Waals surface area contributed by atoms with Crippen LogP contribution in [-0.2, 0) is 11.3 Å². The van der Waals surface area contributed by atoms with Crippen molar-refractivity contribution in [2.45, 2.75) is 38.3 Å². The molecule has 0 saturated carbocycles. The summed E-state index contributed by atoms with van der Waals surface area (Å²) in [5.74, 6) is 0.210. The first-order valence-electron chi connectivity index (χ1n) is 7.41. The number of nitrogens with zero attached hydrogens (tertiary/aromatic N) is 2. The second-order valence-corrected chi connectivity index (χ2v) is 6.56. The Kier molecular flexibility index (Phi) is 8.26. The molecule has 0 aliphatic carbocycles. The molecule has 0 bridgehead atoms. The van der Waals surface area contributed by atoms with Crippen LogP contribution in [0.2, 0.25) is 0 Å². The summed E-state index contributed by atoms with van der Waals surface area (Å²) >= 11 is 1.70. The summed E-state index contributed by atoms with van der Waals surface area (Å²) in [5, 5.41) is 2.05. The molecule has 1 saturated heterocycles. The number of hydrogen-bond donors (Lipinski definition) is 1. The molecule has 2 heterocycles. The van der Waals surface area contributed by atoms with Gasteiger partial charge >= 0.3 is 0 Å². The van der Waals surface area contributed by atoms with Crippen molar-refractivity contribution in [3.63, 3.8) is 0 Å². The molecule has 1 atom stereocenters. The molecule has 1 aromatic rings. The molecule has 2 N–H and O–H groups in total. The van der Waals surface area contributed by atoms with Crippen LogP contribution in [0.5, 0.6) is 0 Å². The molecule has 6 heteroatoms. The minimum absolute atomic E-state index is 0. The Balaban J connectivity index is 0.00000220. The SMILES string of the molecule is CN(Cc1cccs1)C(=O)CN1CCCCC1CCN.Cl. The molecule has 120 valence electrons. The molecule has 0 aromatic carbocycles. The van der Waals surface area contributed by atoms with Crippen LogP contribution in [0.3, 0.4) is 0 Å². The van der Waals surface area contributed by atoms with Gasteiger partial charge in [-0.3, -0.25) is 9.69 Å². The van der Waals surface area contributed by atoms with Crippen molar-refractivity contribution in [3.05, 3.63) is 22.4 Å². The Morgan fingerprint density at radius 2 is 2.33 bits per heavy atom. The molecule has 0 radical (unpaired) electrons. The van der Waals surface area contributed by atoms with E-state index in [1.165, 1.54) is 24.1 Å². The topological polar surface area (TPSA) is 49.6 Å². The fourth-order valence-electron chi connectivity index (χ4n) is 2.81. The largest absolute Gasteiger partial charge is 0.340 e. The molecule has 1 aliphatic heterocycles. The van der Waals surface area contributed by atoms with Crippen molar-refractivity contribution in [1.82, 2.24) is 9.80 Å². The van der Waals surface area contributed by atoms with E-state index in [2.05, 4.69) is 16.3 Å². The number of carbonyl (C=O) groups is 1. The number of halogens is 1. The number of hydrogen-bond acceptors (Lipinski definition) is 4. The minimum atomic E-state index is 0. The van der Waals surface area contributed by atoms with Gasteiger partial charge in [0.25, 0.3) is 0 Å². The van der Waals surface area contributed by atoms with Crippen LogP contribution in [0.1, 0.15) is 30.6 Å². The monoisotopic (exact) mass is 331 g/mol. The summed E-state index contributed by atoms with van der Waals surface area (Å²) in [6.07, 6.45) is 4.64. The third kappa shape index (κ3) is 5.58. The summed E-state index contributed by atoms with van der Waals surface area (Å²) in [6, 6.07) is 4.60. The van der Waals surface area contributed by atoms with E-state index in [4.69, 9.17) is 5.73 Å². The van der Waals surface area contributed by atoms with Crippen molar-refractivity contribution >= 4 is 29.7 Å². The Hall–Kier alpha value is -0.620. The molecule has 2 rings (SSSR count). The number of nitrogens with two attached hydrogens (primary N) is 1. The van der Waals surface area contributed by atoms with Crippen molar-refractivity contribution < 1.29 is 4.79 Å². The summed E-state index contributed by atoms with van der Waals surface area (Å²) in [7, 11) is 1.89. The normalized spacial score (nSPS) is 19.0. The molecule has 1 unspecified atom stereocenters. The highest BCUT2D eigenvalue weighted by atomic mass is 35.5. The lowest BCUT2D eigenvalue weighted by Gasteiger charge is -2.36. The fourth-order valence-corrected chi connectivity index (χ4v) is 3.56. The zero-order valence-electron chi connectivity index (χ0n) is 12.7. The van der Waals surface area contributed by atoms with E-state index < -0.39 is 0 Å². The third-order valence-electron chi connectivity index (χ3n) is 3.99.